The molecule has 0 bridgehead atoms. The minimum atomic E-state index is -0.328. The molecule has 1 heterocycles. The summed E-state index contributed by atoms with van der Waals surface area (Å²) in [5.41, 5.74) is 19.9. The molecule has 2 aliphatic carbocycles. The molecule has 0 aliphatic heterocycles. The SMILES string of the molecule is CC1(c2ccccc2)c2ccccc2-c2ccc(N(c3cccc(-c4ccc5oc6ccccc6c5c4)c3)c3ccc4c(c3)C(C)(c3ccccc3)c3ccccc3-4)cc21. The topological polar surface area (TPSA) is 16.4 Å². The Balaban J connectivity index is 1.08. The molecule has 0 N–H and O–H groups in total. The van der Waals surface area contributed by atoms with E-state index < -0.39 is 0 Å². The van der Waals surface area contributed by atoms with Gasteiger partial charge in [-0.15, -0.1) is 0 Å². The Morgan fingerprint density at radius 1 is 0.333 bits per heavy atom. The highest BCUT2D eigenvalue weighted by atomic mass is 16.3. The largest absolute Gasteiger partial charge is 0.456 e. The molecule has 60 heavy (non-hydrogen) atoms. The van der Waals surface area contributed by atoms with Crippen molar-refractivity contribution in [2.75, 3.05) is 4.90 Å². The number of furan rings is 1. The van der Waals surface area contributed by atoms with Crippen molar-refractivity contribution >= 4 is 39.0 Å². The van der Waals surface area contributed by atoms with E-state index in [2.05, 4.69) is 219 Å². The molecule has 0 fully saturated rings. The van der Waals surface area contributed by atoms with Crippen LogP contribution in [0.15, 0.2) is 217 Å². The van der Waals surface area contributed by atoms with Crippen LogP contribution >= 0.6 is 0 Å². The summed E-state index contributed by atoms with van der Waals surface area (Å²) in [5.74, 6) is 0. The molecule has 0 spiro atoms. The van der Waals surface area contributed by atoms with Crippen LogP contribution in [-0.4, -0.2) is 0 Å². The van der Waals surface area contributed by atoms with E-state index in [-0.39, 0.29) is 10.8 Å². The van der Waals surface area contributed by atoms with E-state index in [0.29, 0.717) is 0 Å². The predicted molar refractivity (Wildman–Crippen MR) is 249 cm³/mol. The zero-order valence-electron chi connectivity index (χ0n) is 33.6. The first-order valence-electron chi connectivity index (χ1n) is 20.9. The summed E-state index contributed by atoms with van der Waals surface area (Å²) in [6.45, 7) is 4.80. The molecule has 2 atom stereocenters. The number of fused-ring (bicyclic) bond motifs is 9. The summed E-state index contributed by atoms with van der Waals surface area (Å²) in [5, 5.41) is 2.26. The van der Waals surface area contributed by atoms with Crippen LogP contribution in [0.25, 0.3) is 55.3 Å². The van der Waals surface area contributed by atoms with Gasteiger partial charge >= 0.3 is 0 Å². The third-order valence-corrected chi connectivity index (χ3v) is 13.6. The van der Waals surface area contributed by atoms with Crippen molar-refractivity contribution in [1.29, 1.82) is 0 Å². The standard InChI is InChI=1S/C58H41NO/c1-57(40-17-5-3-6-18-40)51-25-12-9-22-45(51)47-31-29-43(36-53(47)57)59(42-21-15-16-38(34-42)39-28-33-56-50(35-39)49-24-11-14-27-55(49)60-56)44-30-32-48-46-23-10-13-26-52(46)58(2,54(48)37-44)41-19-7-4-8-20-41/h3-37H,1-2H3. The van der Waals surface area contributed by atoms with E-state index >= 15 is 0 Å². The average molecular weight is 768 g/mol. The molecule has 0 saturated heterocycles. The molecule has 0 amide bonds. The lowest BCUT2D eigenvalue weighted by molar-refractivity contribution is 0.669. The number of benzene rings is 9. The summed E-state index contributed by atoms with van der Waals surface area (Å²) in [4.78, 5) is 2.47. The van der Waals surface area contributed by atoms with Gasteiger partial charge in [0, 0.05) is 38.7 Å². The Hall–Kier alpha value is -7.42. The number of anilines is 3. The van der Waals surface area contributed by atoms with Gasteiger partial charge in [0.1, 0.15) is 11.2 Å². The van der Waals surface area contributed by atoms with Crippen molar-refractivity contribution in [3.8, 4) is 33.4 Å². The van der Waals surface area contributed by atoms with Gasteiger partial charge in [0.25, 0.3) is 0 Å². The quantitative estimate of drug-likeness (QED) is 0.168. The fourth-order valence-electron chi connectivity index (χ4n) is 10.6. The number of hydrogen-bond donors (Lipinski definition) is 0. The Kier molecular flexibility index (Phi) is 7.52. The van der Waals surface area contributed by atoms with Crippen LogP contribution in [0.3, 0.4) is 0 Å². The zero-order valence-corrected chi connectivity index (χ0v) is 33.6. The molecule has 2 aliphatic rings. The maximum absolute atomic E-state index is 6.23. The molecule has 2 nitrogen and oxygen atoms in total. The van der Waals surface area contributed by atoms with E-state index in [1.54, 1.807) is 0 Å². The summed E-state index contributed by atoms with van der Waals surface area (Å²) >= 11 is 0. The lowest BCUT2D eigenvalue weighted by Crippen LogP contribution is -2.23. The van der Waals surface area contributed by atoms with E-state index in [0.717, 1.165) is 50.1 Å². The van der Waals surface area contributed by atoms with Gasteiger partial charge < -0.3 is 9.32 Å². The second kappa shape index (κ2) is 13.0. The molecule has 0 radical (unpaired) electrons. The van der Waals surface area contributed by atoms with E-state index in [1.807, 2.05) is 12.1 Å². The van der Waals surface area contributed by atoms with Crippen LogP contribution < -0.4 is 4.90 Å². The number of para-hydroxylation sites is 1. The van der Waals surface area contributed by atoms with Crippen molar-refractivity contribution < 1.29 is 4.42 Å². The van der Waals surface area contributed by atoms with Gasteiger partial charge in [-0.1, -0.05) is 158 Å². The molecule has 0 saturated carbocycles. The van der Waals surface area contributed by atoms with Crippen LogP contribution in [0, 0.1) is 0 Å². The second-order valence-electron chi connectivity index (χ2n) is 16.7. The minimum Gasteiger partial charge on any atom is -0.456 e. The zero-order chi connectivity index (χ0) is 40.0. The Labute approximate surface area is 350 Å². The predicted octanol–water partition coefficient (Wildman–Crippen LogP) is 15.4. The first kappa shape index (κ1) is 34.6. The number of hydrogen-bond acceptors (Lipinski definition) is 2. The molecular weight excluding hydrogens is 727 g/mol. The van der Waals surface area contributed by atoms with Gasteiger partial charge in [-0.05, 0) is 135 Å². The first-order chi connectivity index (χ1) is 29.5. The summed E-state index contributed by atoms with van der Waals surface area (Å²) in [7, 11) is 0. The molecular formula is C58H41NO. The van der Waals surface area contributed by atoms with Crippen LogP contribution in [0.1, 0.15) is 47.2 Å². The summed E-state index contributed by atoms with van der Waals surface area (Å²) in [6, 6.07) is 78.1. The molecule has 1 aromatic heterocycles. The Bertz CT molecular complexity index is 3160. The van der Waals surface area contributed by atoms with Gasteiger partial charge in [-0.25, -0.2) is 0 Å². The van der Waals surface area contributed by atoms with Gasteiger partial charge in [-0.3, -0.25) is 0 Å². The first-order valence-corrected chi connectivity index (χ1v) is 20.9. The molecule has 10 aromatic rings. The van der Waals surface area contributed by atoms with Crippen molar-refractivity contribution in [2.45, 2.75) is 24.7 Å². The highest BCUT2D eigenvalue weighted by Gasteiger charge is 2.43. The molecule has 2 heteroatoms. The van der Waals surface area contributed by atoms with Crippen molar-refractivity contribution in [3.05, 3.63) is 246 Å². The average Bonchev–Trinajstić information content (AvgIpc) is 3.91. The number of nitrogens with zero attached hydrogens (tertiary/aromatic N) is 1. The summed E-state index contributed by atoms with van der Waals surface area (Å²) < 4.78 is 6.23. The maximum atomic E-state index is 6.23. The van der Waals surface area contributed by atoms with Gasteiger partial charge in [0.05, 0.1) is 0 Å². The lowest BCUT2D eigenvalue weighted by atomic mass is 9.74. The van der Waals surface area contributed by atoms with E-state index in [9.17, 15) is 0 Å². The van der Waals surface area contributed by atoms with Crippen LogP contribution in [-0.2, 0) is 10.8 Å². The highest BCUT2D eigenvalue weighted by Crippen LogP contribution is 2.56. The molecule has 9 aromatic carbocycles. The maximum Gasteiger partial charge on any atom is 0.135 e. The van der Waals surface area contributed by atoms with E-state index in [1.165, 1.54) is 55.6 Å². The normalized spacial score (nSPS) is 17.3. The number of rotatable bonds is 6. The van der Waals surface area contributed by atoms with Crippen molar-refractivity contribution in [2.24, 2.45) is 0 Å². The van der Waals surface area contributed by atoms with Crippen molar-refractivity contribution in [3.63, 3.8) is 0 Å². The van der Waals surface area contributed by atoms with Gasteiger partial charge in [0.2, 0.25) is 0 Å². The van der Waals surface area contributed by atoms with E-state index in [4.69, 9.17) is 4.42 Å². The van der Waals surface area contributed by atoms with Crippen molar-refractivity contribution in [1.82, 2.24) is 0 Å². The smallest absolute Gasteiger partial charge is 0.135 e. The summed E-state index contributed by atoms with van der Waals surface area (Å²) in [6.07, 6.45) is 0. The monoisotopic (exact) mass is 767 g/mol. The highest BCUT2D eigenvalue weighted by molar-refractivity contribution is 6.06. The Morgan fingerprint density at radius 2 is 0.817 bits per heavy atom. The molecule has 2 unspecified atom stereocenters. The minimum absolute atomic E-state index is 0.328. The second-order valence-corrected chi connectivity index (χ2v) is 16.7. The third-order valence-electron chi connectivity index (χ3n) is 13.6. The van der Waals surface area contributed by atoms with Gasteiger partial charge in [0.15, 0.2) is 0 Å². The fourth-order valence-corrected chi connectivity index (χ4v) is 10.6. The van der Waals surface area contributed by atoms with Gasteiger partial charge in [-0.2, -0.15) is 0 Å². The van der Waals surface area contributed by atoms with Crippen LogP contribution in [0.4, 0.5) is 17.1 Å². The molecule has 284 valence electrons. The van der Waals surface area contributed by atoms with Crippen LogP contribution in [0.2, 0.25) is 0 Å². The Morgan fingerprint density at radius 3 is 1.43 bits per heavy atom. The fraction of sp³-hybridized carbons (Fsp3) is 0.0690. The third kappa shape index (κ3) is 4.94. The van der Waals surface area contributed by atoms with Crippen LogP contribution in [0.5, 0.6) is 0 Å². The lowest BCUT2D eigenvalue weighted by Gasteiger charge is -2.32. The molecule has 12 rings (SSSR count).